The normalized spacial score (nSPS) is 15.8. The smallest absolute Gasteiger partial charge is 0.409 e. The fraction of sp³-hybridized carbons (Fsp3) is 0.280. The van der Waals surface area contributed by atoms with Crippen LogP contribution in [0.25, 0.3) is 0 Å². The first kappa shape index (κ1) is 24.1. The Labute approximate surface area is 218 Å². The van der Waals surface area contributed by atoms with Gasteiger partial charge in [0.2, 0.25) is 0 Å². The molecule has 0 unspecified atom stereocenters. The molecular formula is C25H24Cl2N6O3. The number of methoxy groups -OCH3 is 1. The van der Waals surface area contributed by atoms with Crippen LogP contribution in [0.2, 0.25) is 10.0 Å². The lowest BCUT2D eigenvalue weighted by atomic mass is 9.73. The summed E-state index contributed by atoms with van der Waals surface area (Å²) in [4.78, 5) is 24.0. The van der Waals surface area contributed by atoms with Crippen LogP contribution in [0, 0.1) is 10.8 Å². The fourth-order valence-electron chi connectivity index (χ4n) is 4.60. The molecule has 0 bridgehead atoms. The summed E-state index contributed by atoms with van der Waals surface area (Å²) < 4.78 is 10.6. The van der Waals surface area contributed by atoms with Crippen molar-refractivity contribution in [3.63, 3.8) is 0 Å². The van der Waals surface area contributed by atoms with Crippen molar-refractivity contribution in [3.8, 4) is 5.75 Å². The quantitative estimate of drug-likeness (QED) is 0.364. The van der Waals surface area contributed by atoms with E-state index in [9.17, 15) is 4.79 Å². The van der Waals surface area contributed by atoms with Crippen LogP contribution in [0.15, 0.2) is 48.9 Å². The van der Waals surface area contributed by atoms with E-state index in [-0.39, 0.29) is 23.8 Å². The number of amides is 1. The summed E-state index contributed by atoms with van der Waals surface area (Å²) in [5.41, 5.74) is 8.81. The van der Waals surface area contributed by atoms with Gasteiger partial charge in [0.25, 0.3) is 0 Å². The SMILES string of the molecule is COC(=O)N1CC2(C1)CN(c1ccc(C(=N)c3cc(OCc4c(Cl)cncc4Cl)ccc3N)cn1)C2. The third-order valence-corrected chi connectivity index (χ3v) is 7.18. The minimum Gasteiger partial charge on any atom is -0.489 e. The molecule has 1 spiro atoms. The van der Waals surface area contributed by atoms with Gasteiger partial charge in [-0.3, -0.25) is 10.4 Å². The van der Waals surface area contributed by atoms with E-state index in [1.54, 1.807) is 29.3 Å². The van der Waals surface area contributed by atoms with Crippen LogP contribution >= 0.6 is 23.2 Å². The summed E-state index contributed by atoms with van der Waals surface area (Å²) in [6, 6.07) is 8.92. The first-order valence-corrected chi connectivity index (χ1v) is 12.0. The summed E-state index contributed by atoms with van der Waals surface area (Å²) in [7, 11) is 1.40. The van der Waals surface area contributed by atoms with Crippen LogP contribution in [-0.2, 0) is 11.3 Å². The predicted octanol–water partition coefficient (Wildman–Crippen LogP) is 4.25. The van der Waals surface area contributed by atoms with E-state index in [1.165, 1.54) is 19.5 Å². The van der Waals surface area contributed by atoms with Crippen LogP contribution < -0.4 is 15.4 Å². The lowest BCUT2D eigenvalue weighted by Crippen LogP contribution is -2.73. The van der Waals surface area contributed by atoms with E-state index in [0.29, 0.717) is 51.3 Å². The van der Waals surface area contributed by atoms with Crippen LogP contribution in [0.3, 0.4) is 0 Å². The molecule has 2 fully saturated rings. The molecule has 3 N–H and O–H groups in total. The second kappa shape index (κ2) is 9.48. The summed E-state index contributed by atoms with van der Waals surface area (Å²) in [6.07, 6.45) is 4.42. The molecule has 11 heteroatoms. The minimum absolute atomic E-state index is 0.126. The number of aromatic nitrogens is 2. The van der Waals surface area contributed by atoms with Gasteiger partial charge in [0.05, 0.1) is 22.9 Å². The molecule has 2 saturated heterocycles. The largest absolute Gasteiger partial charge is 0.489 e. The van der Waals surface area contributed by atoms with Gasteiger partial charge in [0, 0.05) is 72.6 Å². The van der Waals surface area contributed by atoms with Gasteiger partial charge in [-0.2, -0.15) is 0 Å². The molecule has 2 aliphatic heterocycles. The third-order valence-electron chi connectivity index (χ3n) is 6.53. The number of rotatable bonds is 6. The predicted molar refractivity (Wildman–Crippen MR) is 138 cm³/mol. The van der Waals surface area contributed by atoms with Crippen molar-refractivity contribution in [3.05, 3.63) is 75.7 Å². The Morgan fingerprint density at radius 2 is 1.83 bits per heavy atom. The zero-order valence-corrected chi connectivity index (χ0v) is 21.0. The highest BCUT2D eigenvalue weighted by atomic mass is 35.5. The van der Waals surface area contributed by atoms with Crippen molar-refractivity contribution in [2.24, 2.45) is 5.41 Å². The Morgan fingerprint density at radius 3 is 2.47 bits per heavy atom. The summed E-state index contributed by atoms with van der Waals surface area (Å²) in [5, 5.41) is 9.54. The molecule has 4 heterocycles. The van der Waals surface area contributed by atoms with Crippen molar-refractivity contribution < 1.29 is 14.3 Å². The number of hydrogen-bond donors (Lipinski definition) is 2. The number of pyridine rings is 2. The third kappa shape index (κ3) is 4.52. The average molecular weight is 527 g/mol. The van der Waals surface area contributed by atoms with Gasteiger partial charge in [-0.25, -0.2) is 9.78 Å². The van der Waals surface area contributed by atoms with Gasteiger partial charge in [-0.05, 0) is 30.3 Å². The number of halogens is 2. The molecule has 186 valence electrons. The Hall–Kier alpha value is -3.56. The number of ether oxygens (including phenoxy) is 2. The van der Waals surface area contributed by atoms with Crippen LogP contribution in [-0.4, -0.2) is 60.0 Å². The van der Waals surface area contributed by atoms with Crippen LogP contribution in [0.4, 0.5) is 16.3 Å². The molecule has 0 radical (unpaired) electrons. The zero-order valence-electron chi connectivity index (χ0n) is 19.5. The topological polar surface area (TPSA) is 118 Å². The number of benzene rings is 1. The molecule has 9 nitrogen and oxygen atoms in total. The molecule has 2 aromatic heterocycles. The summed E-state index contributed by atoms with van der Waals surface area (Å²) in [5.74, 6) is 1.37. The molecule has 3 aromatic rings. The summed E-state index contributed by atoms with van der Waals surface area (Å²) in [6.45, 7) is 3.23. The highest BCUT2D eigenvalue weighted by molar-refractivity contribution is 6.35. The number of nitrogens with two attached hydrogens (primary N) is 1. The van der Waals surface area contributed by atoms with Gasteiger partial charge in [0.1, 0.15) is 18.2 Å². The Balaban J connectivity index is 1.23. The van der Waals surface area contributed by atoms with E-state index in [0.717, 1.165) is 18.9 Å². The second-order valence-electron chi connectivity index (χ2n) is 9.08. The Kier molecular flexibility index (Phi) is 6.36. The molecular weight excluding hydrogens is 503 g/mol. The molecule has 1 aromatic carbocycles. The van der Waals surface area contributed by atoms with Crippen molar-refractivity contribution >= 4 is 46.5 Å². The van der Waals surface area contributed by atoms with Gasteiger partial charge in [-0.1, -0.05) is 23.2 Å². The molecule has 0 saturated carbocycles. The number of likely N-dealkylation sites (tertiary alicyclic amines) is 1. The monoisotopic (exact) mass is 526 g/mol. The number of anilines is 2. The fourth-order valence-corrected chi connectivity index (χ4v) is 5.07. The molecule has 5 rings (SSSR count). The number of nitrogens with one attached hydrogen (secondary N) is 1. The van der Waals surface area contributed by atoms with Crippen molar-refractivity contribution in [2.75, 3.05) is 43.9 Å². The highest BCUT2D eigenvalue weighted by Crippen LogP contribution is 2.41. The number of carbonyl (C=O) groups excluding carboxylic acids is 1. The highest BCUT2D eigenvalue weighted by Gasteiger charge is 2.53. The molecule has 1 amide bonds. The first-order valence-electron chi connectivity index (χ1n) is 11.2. The summed E-state index contributed by atoms with van der Waals surface area (Å²) >= 11 is 12.3. The zero-order chi connectivity index (χ0) is 25.4. The molecule has 2 aliphatic rings. The molecule has 0 aliphatic carbocycles. The maximum atomic E-state index is 11.6. The van der Waals surface area contributed by atoms with E-state index in [2.05, 4.69) is 14.9 Å². The lowest BCUT2D eigenvalue weighted by Gasteiger charge is -2.59. The van der Waals surface area contributed by atoms with Crippen molar-refractivity contribution in [2.45, 2.75) is 6.61 Å². The maximum Gasteiger partial charge on any atom is 0.409 e. The first-order chi connectivity index (χ1) is 17.3. The molecule has 36 heavy (non-hydrogen) atoms. The lowest BCUT2D eigenvalue weighted by molar-refractivity contribution is -0.0153. The second-order valence-corrected chi connectivity index (χ2v) is 9.90. The maximum absolute atomic E-state index is 11.6. The van der Waals surface area contributed by atoms with Gasteiger partial charge in [-0.15, -0.1) is 0 Å². The molecule has 0 atom stereocenters. The van der Waals surface area contributed by atoms with Crippen molar-refractivity contribution in [1.29, 1.82) is 5.41 Å². The van der Waals surface area contributed by atoms with Crippen LogP contribution in [0.1, 0.15) is 16.7 Å². The number of hydrogen-bond acceptors (Lipinski definition) is 8. The van der Waals surface area contributed by atoms with Gasteiger partial charge < -0.3 is 25.0 Å². The van der Waals surface area contributed by atoms with Gasteiger partial charge in [0.15, 0.2) is 0 Å². The number of nitrogens with zero attached hydrogens (tertiary/aromatic N) is 4. The van der Waals surface area contributed by atoms with E-state index in [1.807, 2.05) is 12.1 Å². The van der Waals surface area contributed by atoms with Gasteiger partial charge >= 0.3 is 6.09 Å². The van der Waals surface area contributed by atoms with Crippen LogP contribution in [0.5, 0.6) is 5.75 Å². The average Bonchev–Trinajstić information content (AvgIpc) is 2.82. The standard InChI is InChI=1S/C25H24Cl2N6O3/c1-35-24(34)33-13-25(14-33)11-32(12-25)22-5-2-15(7-31-22)23(29)17-6-16(3-4-21(17)28)36-10-18-19(26)8-30-9-20(18)27/h2-9,29H,10-14,28H2,1H3. The Bertz CT molecular complexity index is 1300. The van der Waals surface area contributed by atoms with E-state index >= 15 is 0 Å². The Morgan fingerprint density at radius 1 is 1.11 bits per heavy atom. The number of nitrogen functional groups attached to an aromatic ring is 1. The van der Waals surface area contributed by atoms with E-state index in [4.69, 9.17) is 43.8 Å². The minimum atomic E-state index is -0.279. The number of carbonyl (C=O) groups is 1. The van der Waals surface area contributed by atoms with E-state index < -0.39 is 0 Å². The van der Waals surface area contributed by atoms with Crippen molar-refractivity contribution in [1.82, 2.24) is 14.9 Å².